The van der Waals surface area contributed by atoms with E-state index in [0.717, 1.165) is 17.7 Å². The molecule has 198 valence electrons. The third-order valence-corrected chi connectivity index (χ3v) is 7.35. The summed E-state index contributed by atoms with van der Waals surface area (Å²) in [5.41, 5.74) is -0.389. The number of alkyl halides is 3. The predicted molar refractivity (Wildman–Crippen MR) is 133 cm³/mol. The number of halogens is 7. The molecule has 1 amide bonds. The minimum Gasteiger partial charge on any atom is -0.336 e. The summed E-state index contributed by atoms with van der Waals surface area (Å²) < 4.78 is 67.7. The molecule has 2 unspecified atom stereocenters. The molecule has 0 radical (unpaired) electrons. The Hall–Kier alpha value is -3.19. The van der Waals surface area contributed by atoms with E-state index in [1.165, 1.54) is 23.1 Å². The first kappa shape index (κ1) is 27.8. The lowest BCUT2D eigenvalue weighted by Crippen LogP contribution is -2.38. The zero-order valence-corrected chi connectivity index (χ0v) is 21.4. The van der Waals surface area contributed by atoms with Crippen LogP contribution in [0.2, 0.25) is 10.0 Å². The summed E-state index contributed by atoms with van der Waals surface area (Å²) in [4.78, 5) is 16.5. The molecule has 38 heavy (non-hydrogen) atoms. The molecule has 0 spiro atoms. The monoisotopic (exact) mass is 567 g/mol. The van der Waals surface area contributed by atoms with Gasteiger partial charge in [0.15, 0.2) is 0 Å². The first-order valence-electron chi connectivity index (χ1n) is 11.4. The number of likely N-dealkylation sites (N-methyl/N-ethyl adjacent to an activating group) is 1. The van der Waals surface area contributed by atoms with Crippen LogP contribution in [0.3, 0.4) is 0 Å². The fourth-order valence-corrected chi connectivity index (χ4v) is 5.00. The standard InChI is InChI=1S/C27H20Cl2F5N3O/c1-36(12-16-3-6-20(24(31)9-16)27(32,33)34)25-14-37(13-19(25)17-4-7-21(28)22(29)10-17)26(38)18-5-2-15(11-35)8-23(18)30/h2-10,19,25H,12-14H2,1H3. The Labute approximate surface area is 225 Å². The van der Waals surface area contributed by atoms with E-state index >= 15 is 0 Å². The lowest BCUT2D eigenvalue weighted by atomic mass is 9.93. The van der Waals surface area contributed by atoms with Gasteiger partial charge in [0.1, 0.15) is 11.6 Å². The Morgan fingerprint density at radius 2 is 1.76 bits per heavy atom. The lowest BCUT2D eigenvalue weighted by Gasteiger charge is -2.29. The molecule has 0 N–H and O–H groups in total. The summed E-state index contributed by atoms with van der Waals surface area (Å²) in [6.07, 6.45) is -4.81. The van der Waals surface area contributed by atoms with Crippen LogP contribution < -0.4 is 0 Å². The van der Waals surface area contributed by atoms with Crippen molar-refractivity contribution in [3.05, 3.63) is 104 Å². The minimum atomic E-state index is -4.81. The van der Waals surface area contributed by atoms with Crippen molar-refractivity contribution < 1.29 is 26.7 Å². The van der Waals surface area contributed by atoms with E-state index in [9.17, 15) is 26.7 Å². The molecule has 4 rings (SSSR count). The Balaban J connectivity index is 1.63. The Kier molecular flexibility index (Phi) is 7.98. The van der Waals surface area contributed by atoms with E-state index in [1.54, 1.807) is 30.1 Å². The number of nitrogens with zero attached hydrogens (tertiary/aromatic N) is 3. The number of carbonyl (C=O) groups is 1. The van der Waals surface area contributed by atoms with Crippen LogP contribution >= 0.6 is 23.2 Å². The number of hydrogen-bond donors (Lipinski definition) is 0. The molecular formula is C27H20Cl2F5N3O. The molecule has 11 heteroatoms. The van der Waals surface area contributed by atoms with Gasteiger partial charge in [0, 0.05) is 31.6 Å². The third kappa shape index (κ3) is 5.78. The molecule has 1 saturated heterocycles. The Morgan fingerprint density at radius 1 is 1.03 bits per heavy atom. The second-order valence-electron chi connectivity index (χ2n) is 9.09. The van der Waals surface area contributed by atoms with Gasteiger partial charge >= 0.3 is 6.18 Å². The Morgan fingerprint density at radius 3 is 2.37 bits per heavy atom. The number of nitriles is 1. The van der Waals surface area contributed by atoms with Crippen LogP contribution in [0.4, 0.5) is 22.0 Å². The highest BCUT2D eigenvalue weighted by molar-refractivity contribution is 6.42. The summed E-state index contributed by atoms with van der Waals surface area (Å²) in [6.45, 7) is 0.431. The van der Waals surface area contributed by atoms with Crippen LogP contribution in [-0.4, -0.2) is 41.9 Å². The van der Waals surface area contributed by atoms with Crippen molar-refractivity contribution in [1.29, 1.82) is 5.26 Å². The maximum atomic E-state index is 14.6. The van der Waals surface area contributed by atoms with Crippen LogP contribution in [0.5, 0.6) is 0 Å². The smallest absolute Gasteiger partial charge is 0.336 e. The van der Waals surface area contributed by atoms with Crippen molar-refractivity contribution in [2.75, 3.05) is 20.1 Å². The van der Waals surface area contributed by atoms with Crippen molar-refractivity contribution in [3.63, 3.8) is 0 Å². The van der Waals surface area contributed by atoms with E-state index in [-0.39, 0.29) is 42.7 Å². The van der Waals surface area contributed by atoms with Crippen molar-refractivity contribution in [2.24, 2.45) is 0 Å². The normalized spacial score (nSPS) is 17.6. The van der Waals surface area contributed by atoms with E-state index in [1.807, 2.05) is 6.07 Å². The van der Waals surface area contributed by atoms with Crippen molar-refractivity contribution in [1.82, 2.24) is 9.80 Å². The van der Waals surface area contributed by atoms with Crippen LogP contribution in [0, 0.1) is 23.0 Å². The quantitative estimate of drug-likeness (QED) is 0.315. The predicted octanol–water partition coefficient (Wildman–Crippen LogP) is 6.90. The van der Waals surface area contributed by atoms with Gasteiger partial charge in [0.05, 0.1) is 32.8 Å². The summed E-state index contributed by atoms with van der Waals surface area (Å²) in [5, 5.41) is 9.62. The molecule has 1 fully saturated rings. The number of rotatable bonds is 5. The van der Waals surface area contributed by atoms with E-state index in [2.05, 4.69) is 0 Å². The fraction of sp³-hybridized carbons (Fsp3) is 0.259. The lowest BCUT2D eigenvalue weighted by molar-refractivity contribution is -0.140. The number of amides is 1. The molecule has 3 aromatic carbocycles. The van der Waals surface area contributed by atoms with E-state index < -0.39 is 29.3 Å². The molecule has 1 aliphatic rings. The highest BCUT2D eigenvalue weighted by Gasteiger charge is 2.40. The topological polar surface area (TPSA) is 47.3 Å². The van der Waals surface area contributed by atoms with Gasteiger partial charge in [-0.3, -0.25) is 9.69 Å². The SMILES string of the molecule is CN(Cc1ccc(C(F)(F)F)c(F)c1)C1CN(C(=O)c2ccc(C#N)cc2F)CC1c1ccc(Cl)c(Cl)c1. The highest BCUT2D eigenvalue weighted by Crippen LogP contribution is 2.36. The summed E-state index contributed by atoms with van der Waals surface area (Å²) in [5.74, 6) is -3.09. The molecule has 1 aliphatic heterocycles. The van der Waals surface area contributed by atoms with E-state index in [0.29, 0.717) is 21.7 Å². The van der Waals surface area contributed by atoms with Gasteiger partial charge in [0.25, 0.3) is 5.91 Å². The van der Waals surface area contributed by atoms with Crippen LogP contribution in [0.25, 0.3) is 0 Å². The van der Waals surface area contributed by atoms with Crippen molar-refractivity contribution in [3.8, 4) is 6.07 Å². The number of hydrogen-bond acceptors (Lipinski definition) is 3. The number of benzene rings is 3. The van der Waals surface area contributed by atoms with Crippen LogP contribution in [-0.2, 0) is 12.7 Å². The average Bonchev–Trinajstić information content (AvgIpc) is 3.30. The Bertz CT molecular complexity index is 1420. The molecule has 0 aliphatic carbocycles. The van der Waals surface area contributed by atoms with Gasteiger partial charge in [-0.05, 0) is 60.6 Å². The molecule has 0 aromatic heterocycles. The minimum absolute atomic E-state index is 0.0792. The second kappa shape index (κ2) is 10.9. The molecule has 0 bridgehead atoms. The number of likely N-dealkylation sites (tertiary alicyclic amines) is 1. The zero-order chi connectivity index (χ0) is 27.8. The molecule has 2 atom stereocenters. The van der Waals surface area contributed by atoms with Gasteiger partial charge in [-0.2, -0.15) is 18.4 Å². The zero-order valence-electron chi connectivity index (χ0n) is 19.9. The van der Waals surface area contributed by atoms with Gasteiger partial charge < -0.3 is 4.90 Å². The second-order valence-corrected chi connectivity index (χ2v) is 9.91. The average molecular weight is 568 g/mol. The van der Waals surface area contributed by atoms with Gasteiger partial charge in [-0.25, -0.2) is 8.78 Å². The van der Waals surface area contributed by atoms with Gasteiger partial charge in [-0.1, -0.05) is 35.3 Å². The molecule has 4 nitrogen and oxygen atoms in total. The summed E-state index contributed by atoms with van der Waals surface area (Å²) in [7, 11) is 1.71. The van der Waals surface area contributed by atoms with Crippen molar-refractivity contribution in [2.45, 2.75) is 24.7 Å². The number of carbonyl (C=O) groups excluding carboxylic acids is 1. The maximum Gasteiger partial charge on any atom is 0.419 e. The highest BCUT2D eigenvalue weighted by atomic mass is 35.5. The van der Waals surface area contributed by atoms with Crippen LogP contribution in [0.1, 0.15) is 38.5 Å². The molecule has 0 saturated carbocycles. The fourth-order valence-electron chi connectivity index (χ4n) is 4.69. The van der Waals surface area contributed by atoms with Crippen LogP contribution in [0.15, 0.2) is 54.6 Å². The first-order chi connectivity index (χ1) is 17.9. The van der Waals surface area contributed by atoms with Gasteiger partial charge in [0.2, 0.25) is 0 Å². The molecule has 3 aromatic rings. The third-order valence-electron chi connectivity index (χ3n) is 6.61. The summed E-state index contributed by atoms with van der Waals surface area (Å²) in [6, 6.07) is 12.8. The van der Waals surface area contributed by atoms with Crippen molar-refractivity contribution >= 4 is 29.1 Å². The largest absolute Gasteiger partial charge is 0.419 e. The van der Waals surface area contributed by atoms with Gasteiger partial charge in [-0.15, -0.1) is 0 Å². The molecular weight excluding hydrogens is 548 g/mol. The molecule has 1 heterocycles. The first-order valence-corrected chi connectivity index (χ1v) is 12.1. The maximum absolute atomic E-state index is 14.6. The van der Waals surface area contributed by atoms with E-state index in [4.69, 9.17) is 28.5 Å². The summed E-state index contributed by atoms with van der Waals surface area (Å²) >= 11 is 12.3.